The van der Waals surface area contributed by atoms with Crippen LogP contribution in [0, 0.1) is 0 Å². The molecule has 31 heavy (non-hydrogen) atoms. The molecule has 2 aromatic carbocycles. The van der Waals surface area contributed by atoms with Crippen LogP contribution in [-0.2, 0) is 26.0 Å². The van der Waals surface area contributed by atoms with E-state index in [0.29, 0.717) is 25.1 Å². The van der Waals surface area contributed by atoms with Crippen molar-refractivity contribution < 1.29 is 18.0 Å². The Balaban J connectivity index is 2.05. The first-order chi connectivity index (χ1) is 14.7. The molecule has 2 aromatic rings. The molecule has 0 fully saturated rings. The molecule has 2 rings (SSSR count). The third-order valence-corrected chi connectivity index (χ3v) is 6.29. The average molecular weight is 446 g/mol. The fourth-order valence-corrected chi connectivity index (χ4v) is 4.34. The molecule has 0 heterocycles. The fourth-order valence-electron chi connectivity index (χ4n) is 3.38. The van der Waals surface area contributed by atoms with Crippen molar-refractivity contribution >= 4 is 27.5 Å². The predicted molar refractivity (Wildman–Crippen MR) is 123 cm³/mol. The zero-order valence-electron chi connectivity index (χ0n) is 18.3. The molecule has 2 amide bonds. The van der Waals surface area contributed by atoms with Crippen molar-refractivity contribution in [2.24, 2.45) is 0 Å². The minimum Gasteiger partial charge on any atom is -0.357 e. The third kappa shape index (κ3) is 7.40. The lowest BCUT2D eigenvalue weighted by Gasteiger charge is -2.29. The summed E-state index contributed by atoms with van der Waals surface area (Å²) in [5.74, 6) is -0.406. The summed E-state index contributed by atoms with van der Waals surface area (Å²) in [6, 6.07) is 18.0. The van der Waals surface area contributed by atoms with E-state index in [1.807, 2.05) is 36.4 Å². The molecule has 0 unspecified atom stereocenters. The van der Waals surface area contributed by atoms with E-state index in [4.69, 9.17) is 0 Å². The van der Waals surface area contributed by atoms with Gasteiger partial charge >= 0.3 is 0 Å². The van der Waals surface area contributed by atoms with Crippen molar-refractivity contribution in [2.75, 3.05) is 30.7 Å². The van der Waals surface area contributed by atoms with E-state index in [1.165, 1.54) is 4.31 Å². The van der Waals surface area contributed by atoms with Crippen LogP contribution >= 0.6 is 0 Å². The molecule has 0 bridgehead atoms. The molecule has 1 N–H and O–H groups in total. The molecule has 1 atom stereocenters. The molecule has 168 valence electrons. The van der Waals surface area contributed by atoms with Crippen molar-refractivity contribution in [3.05, 3.63) is 66.2 Å². The highest BCUT2D eigenvalue weighted by Crippen LogP contribution is 2.18. The molecular weight excluding hydrogens is 414 g/mol. The van der Waals surface area contributed by atoms with Gasteiger partial charge in [-0.25, -0.2) is 8.42 Å². The molecular formula is C23H31N3O4S. The van der Waals surface area contributed by atoms with E-state index < -0.39 is 16.1 Å². The van der Waals surface area contributed by atoms with E-state index >= 15 is 0 Å². The summed E-state index contributed by atoms with van der Waals surface area (Å²) in [7, 11) is -1.93. The van der Waals surface area contributed by atoms with Crippen molar-refractivity contribution in [1.82, 2.24) is 10.2 Å². The Morgan fingerprint density at radius 1 is 0.968 bits per heavy atom. The van der Waals surface area contributed by atoms with Crippen molar-refractivity contribution in [2.45, 2.75) is 32.2 Å². The molecule has 0 spiro atoms. The van der Waals surface area contributed by atoms with E-state index in [0.717, 1.165) is 11.8 Å². The summed E-state index contributed by atoms with van der Waals surface area (Å²) in [5.41, 5.74) is 1.65. The van der Waals surface area contributed by atoms with E-state index in [9.17, 15) is 18.0 Å². The van der Waals surface area contributed by atoms with Crippen LogP contribution in [-0.4, -0.2) is 57.6 Å². The molecule has 0 aliphatic heterocycles. The van der Waals surface area contributed by atoms with Crippen LogP contribution in [0.4, 0.5) is 5.69 Å². The Morgan fingerprint density at radius 3 is 2.10 bits per heavy atom. The summed E-state index contributed by atoms with van der Waals surface area (Å²) in [4.78, 5) is 26.7. The van der Waals surface area contributed by atoms with Gasteiger partial charge in [-0.2, -0.15) is 0 Å². The topological polar surface area (TPSA) is 86.8 Å². The van der Waals surface area contributed by atoms with E-state index in [2.05, 4.69) is 5.32 Å². The summed E-state index contributed by atoms with van der Waals surface area (Å²) < 4.78 is 25.7. The monoisotopic (exact) mass is 445 g/mol. The van der Waals surface area contributed by atoms with Crippen molar-refractivity contribution in [3.63, 3.8) is 0 Å². The van der Waals surface area contributed by atoms with Gasteiger partial charge in [-0.15, -0.1) is 0 Å². The van der Waals surface area contributed by atoms with Crippen LogP contribution in [0.15, 0.2) is 60.7 Å². The Hall–Kier alpha value is -2.87. The van der Waals surface area contributed by atoms with Gasteiger partial charge in [0.15, 0.2) is 0 Å². The Kier molecular flexibility index (Phi) is 9.05. The van der Waals surface area contributed by atoms with Gasteiger partial charge in [-0.3, -0.25) is 13.9 Å². The van der Waals surface area contributed by atoms with Crippen LogP contribution in [0.3, 0.4) is 0 Å². The number of carbonyl (C=O) groups is 2. The normalized spacial score (nSPS) is 12.1. The zero-order valence-corrected chi connectivity index (χ0v) is 19.1. The molecule has 0 saturated heterocycles. The van der Waals surface area contributed by atoms with Gasteiger partial charge < -0.3 is 10.2 Å². The van der Waals surface area contributed by atoms with Gasteiger partial charge in [-0.05, 0) is 37.5 Å². The lowest BCUT2D eigenvalue weighted by molar-refractivity contribution is -0.139. The molecule has 0 aliphatic rings. The number of para-hydroxylation sites is 1. The highest BCUT2D eigenvalue weighted by Gasteiger charge is 2.25. The third-order valence-electron chi connectivity index (χ3n) is 5.09. The van der Waals surface area contributed by atoms with Gasteiger partial charge in [0.1, 0.15) is 6.04 Å². The number of nitrogens with one attached hydrogen (secondary N) is 1. The number of amides is 2. The van der Waals surface area contributed by atoms with Gasteiger partial charge in [0.05, 0.1) is 11.9 Å². The lowest BCUT2D eigenvalue weighted by atomic mass is 10.1. The number of benzene rings is 2. The van der Waals surface area contributed by atoms with Crippen molar-refractivity contribution in [1.29, 1.82) is 0 Å². The number of hydrogen-bond acceptors (Lipinski definition) is 4. The molecule has 0 saturated carbocycles. The second-order valence-corrected chi connectivity index (χ2v) is 9.29. The molecule has 7 nitrogen and oxygen atoms in total. The first-order valence-corrected chi connectivity index (χ1v) is 12.2. The number of likely N-dealkylation sites (N-methyl/N-ethyl adjacent to an activating group) is 1. The Bertz CT molecular complexity index is 949. The Labute approximate surface area is 185 Å². The minimum absolute atomic E-state index is 0.148. The highest BCUT2D eigenvalue weighted by molar-refractivity contribution is 7.92. The summed E-state index contributed by atoms with van der Waals surface area (Å²) >= 11 is 0. The molecule has 8 heteroatoms. The SMILES string of the molecule is CNC(=O)[C@H](C)N(CCc1ccccc1)C(=O)CCCN(c1ccccc1)S(C)(=O)=O. The number of carbonyl (C=O) groups excluding carboxylic acids is 2. The maximum Gasteiger partial charge on any atom is 0.242 e. The van der Waals surface area contributed by atoms with E-state index in [1.54, 1.807) is 43.1 Å². The number of nitrogens with zero attached hydrogens (tertiary/aromatic N) is 2. The van der Waals surface area contributed by atoms with Crippen molar-refractivity contribution in [3.8, 4) is 0 Å². The lowest BCUT2D eigenvalue weighted by Crippen LogP contribution is -2.48. The zero-order chi connectivity index (χ0) is 22.9. The second-order valence-electron chi connectivity index (χ2n) is 7.39. The minimum atomic E-state index is -3.47. The average Bonchev–Trinajstić information content (AvgIpc) is 2.76. The second kappa shape index (κ2) is 11.5. The quantitative estimate of drug-likeness (QED) is 0.576. The largest absolute Gasteiger partial charge is 0.357 e. The smallest absolute Gasteiger partial charge is 0.242 e. The summed E-state index contributed by atoms with van der Waals surface area (Å²) in [6.07, 6.45) is 2.28. The highest BCUT2D eigenvalue weighted by atomic mass is 32.2. The standard InChI is InChI=1S/C23H31N3O4S/c1-19(23(28)24-2)25(18-16-20-11-6-4-7-12-20)22(27)15-10-17-26(31(3,29)30)21-13-8-5-9-14-21/h4-9,11-14,19H,10,15-18H2,1-3H3,(H,24,28)/t19-/m0/s1. The number of rotatable bonds is 11. The van der Waals surface area contributed by atoms with Crippen LogP contribution in [0.5, 0.6) is 0 Å². The maximum atomic E-state index is 13.0. The first-order valence-electron chi connectivity index (χ1n) is 10.3. The van der Waals surface area contributed by atoms with E-state index in [-0.39, 0.29) is 24.8 Å². The van der Waals surface area contributed by atoms with Gasteiger partial charge in [-0.1, -0.05) is 48.5 Å². The van der Waals surface area contributed by atoms with Crippen LogP contribution in [0.2, 0.25) is 0 Å². The van der Waals surface area contributed by atoms with Crippen LogP contribution in [0.1, 0.15) is 25.3 Å². The fraction of sp³-hybridized carbons (Fsp3) is 0.391. The Morgan fingerprint density at radius 2 is 1.55 bits per heavy atom. The van der Waals surface area contributed by atoms with Crippen LogP contribution < -0.4 is 9.62 Å². The molecule has 0 aromatic heterocycles. The first kappa shape index (κ1) is 24.4. The summed E-state index contributed by atoms with van der Waals surface area (Å²) in [5, 5.41) is 2.59. The van der Waals surface area contributed by atoms with Gasteiger partial charge in [0, 0.05) is 26.6 Å². The van der Waals surface area contributed by atoms with Crippen LogP contribution in [0.25, 0.3) is 0 Å². The van der Waals surface area contributed by atoms with Gasteiger partial charge in [0.25, 0.3) is 0 Å². The van der Waals surface area contributed by atoms with Gasteiger partial charge in [0.2, 0.25) is 21.8 Å². The number of sulfonamides is 1. The predicted octanol–water partition coefficient (Wildman–Crippen LogP) is 2.44. The number of hydrogen-bond donors (Lipinski definition) is 1. The number of anilines is 1. The summed E-state index contributed by atoms with van der Waals surface area (Å²) in [6.45, 7) is 2.30. The molecule has 0 aliphatic carbocycles. The maximum absolute atomic E-state index is 13.0. The molecule has 0 radical (unpaired) electrons.